The number of nitrogens with zero attached hydrogens (tertiary/aromatic N) is 2. The van der Waals surface area contributed by atoms with Crippen LogP contribution in [0.5, 0.6) is 0 Å². The van der Waals surface area contributed by atoms with Gasteiger partial charge in [-0.1, -0.05) is 13.8 Å². The van der Waals surface area contributed by atoms with E-state index in [0.29, 0.717) is 31.3 Å². The quantitative estimate of drug-likeness (QED) is 0.845. The van der Waals surface area contributed by atoms with Gasteiger partial charge in [-0.2, -0.15) is 0 Å². The SMILES string of the molecule is CC(C)C1CCCN(C(=O)N2CCC(C(=O)O)C2)CC1. The summed E-state index contributed by atoms with van der Waals surface area (Å²) < 4.78 is 0. The van der Waals surface area contributed by atoms with E-state index in [9.17, 15) is 9.59 Å². The second kappa shape index (κ2) is 6.46. The fourth-order valence-electron chi connectivity index (χ4n) is 3.32. The normalized spacial score (nSPS) is 27.8. The number of hydrogen-bond donors (Lipinski definition) is 1. The van der Waals surface area contributed by atoms with Crippen LogP contribution in [0.3, 0.4) is 0 Å². The van der Waals surface area contributed by atoms with E-state index in [1.807, 2.05) is 4.90 Å². The molecule has 2 rings (SSSR count). The summed E-state index contributed by atoms with van der Waals surface area (Å²) in [6.07, 6.45) is 3.91. The molecule has 2 amide bonds. The van der Waals surface area contributed by atoms with Crippen molar-refractivity contribution in [3.8, 4) is 0 Å². The van der Waals surface area contributed by atoms with Crippen LogP contribution in [-0.4, -0.2) is 53.1 Å². The molecule has 0 aliphatic carbocycles. The van der Waals surface area contributed by atoms with Crippen molar-refractivity contribution >= 4 is 12.0 Å². The highest BCUT2D eigenvalue weighted by Gasteiger charge is 2.33. The summed E-state index contributed by atoms with van der Waals surface area (Å²) >= 11 is 0. The van der Waals surface area contributed by atoms with Crippen LogP contribution in [0.1, 0.15) is 39.5 Å². The maximum Gasteiger partial charge on any atom is 0.320 e. The summed E-state index contributed by atoms with van der Waals surface area (Å²) in [5.41, 5.74) is 0. The van der Waals surface area contributed by atoms with Gasteiger partial charge in [0, 0.05) is 26.2 Å². The minimum Gasteiger partial charge on any atom is -0.481 e. The Bertz CT molecular complexity index is 370. The predicted octanol–water partition coefficient (Wildman–Crippen LogP) is 2.27. The minimum atomic E-state index is -0.781. The van der Waals surface area contributed by atoms with Crippen molar-refractivity contribution in [2.45, 2.75) is 39.5 Å². The number of carboxylic acid groups (broad SMARTS) is 1. The lowest BCUT2D eigenvalue weighted by Gasteiger charge is -2.27. The first-order valence-corrected chi connectivity index (χ1v) is 7.75. The number of rotatable bonds is 2. The van der Waals surface area contributed by atoms with Gasteiger partial charge in [0.05, 0.1) is 5.92 Å². The number of likely N-dealkylation sites (tertiary alicyclic amines) is 2. The third-order valence-electron chi connectivity index (χ3n) is 4.79. The van der Waals surface area contributed by atoms with Crippen LogP contribution >= 0.6 is 0 Å². The Morgan fingerprint density at radius 3 is 2.35 bits per heavy atom. The van der Waals surface area contributed by atoms with Crippen LogP contribution in [0.25, 0.3) is 0 Å². The van der Waals surface area contributed by atoms with E-state index >= 15 is 0 Å². The average Bonchev–Trinajstić information content (AvgIpc) is 2.76. The van der Waals surface area contributed by atoms with Crippen molar-refractivity contribution in [1.82, 2.24) is 9.80 Å². The van der Waals surface area contributed by atoms with Crippen LogP contribution < -0.4 is 0 Å². The molecule has 1 N–H and O–H groups in total. The van der Waals surface area contributed by atoms with Gasteiger partial charge in [-0.15, -0.1) is 0 Å². The molecule has 0 aromatic heterocycles. The second-order valence-corrected chi connectivity index (χ2v) is 6.47. The Kier molecular flexibility index (Phi) is 4.89. The predicted molar refractivity (Wildman–Crippen MR) is 76.5 cm³/mol. The molecule has 2 fully saturated rings. The molecule has 0 radical (unpaired) electrons. The standard InChI is InChI=1S/C15H26N2O3/c1-11(2)12-4-3-7-16(8-5-12)15(20)17-9-6-13(10-17)14(18)19/h11-13H,3-10H2,1-2H3,(H,18,19). The molecule has 2 unspecified atom stereocenters. The smallest absolute Gasteiger partial charge is 0.320 e. The van der Waals surface area contributed by atoms with E-state index < -0.39 is 5.97 Å². The lowest BCUT2D eigenvalue weighted by molar-refractivity contribution is -0.141. The van der Waals surface area contributed by atoms with Gasteiger partial charge in [0.15, 0.2) is 0 Å². The largest absolute Gasteiger partial charge is 0.481 e. The first kappa shape index (κ1) is 15.1. The van der Waals surface area contributed by atoms with Gasteiger partial charge in [0.1, 0.15) is 0 Å². The fourth-order valence-corrected chi connectivity index (χ4v) is 3.32. The van der Waals surface area contributed by atoms with Crippen LogP contribution in [0.4, 0.5) is 4.79 Å². The molecule has 0 aromatic carbocycles. The van der Waals surface area contributed by atoms with Crippen LogP contribution in [-0.2, 0) is 4.79 Å². The van der Waals surface area contributed by atoms with Crippen LogP contribution in [0.15, 0.2) is 0 Å². The maximum absolute atomic E-state index is 12.5. The van der Waals surface area contributed by atoms with Crippen molar-refractivity contribution in [2.75, 3.05) is 26.2 Å². The Labute approximate surface area is 120 Å². The molecule has 5 nitrogen and oxygen atoms in total. The summed E-state index contributed by atoms with van der Waals surface area (Å²) in [4.78, 5) is 27.1. The summed E-state index contributed by atoms with van der Waals surface area (Å²) in [5.74, 6) is 0.219. The van der Waals surface area contributed by atoms with Gasteiger partial charge < -0.3 is 14.9 Å². The zero-order valence-electron chi connectivity index (χ0n) is 12.5. The summed E-state index contributed by atoms with van der Waals surface area (Å²) in [5, 5.41) is 9.01. The highest BCUT2D eigenvalue weighted by Crippen LogP contribution is 2.26. The van der Waals surface area contributed by atoms with Crippen LogP contribution in [0.2, 0.25) is 0 Å². The molecule has 0 spiro atoms. The summed E-state index contributed by atoms with van der Waals surface area (Å²) in [6.45, 7) is 7.09. The number of amides is 2. The summed E-state index contributed by atoms with van der Waals surface area (Å²) in [7, 11) is 0. The Morgan fingerprint density at radius 2 is 1.75 bits per heavy atom. The first-order valence-electron chi connectivity index (χ1n) is 7.75. The number of carboxylic acids is 1. The van der Waals surface area contributed by atoms with Gasteiger partial charge in [0.2, 0.25) is 0 Å². The van der Waals surface area contributed by atoms with E-state index in [2.05, 4.69) is 13.8 Å². The van der Waals surface area contributed by atoms with Gasteiger partial charge in [-0.25, -0.2) is 4.79 Å². The van der Waals surface area contributed by atoms with E-state index in [1.54, 1.807) is 4.90 Å². The number of urea groups is 1. The third-order valence-corrected chi connectivity index (χ3v) is 4.79. The molecule has 20 heavy (non-hydrogen) atoms. The molecule has 2 aliphatic rings. The van der Waals surface area contributed by atoms with Gasteiger partial charge in [-0.3, -0.25) is 4.79 Å². The number of aliphatic carboxylic acids is 1. The van der Waals surface area contributed by atoms with Crippen molar-refractivity contribution in [3.63, 3.8) is 0 Å². The molecule has 114 valence electrons. The van der Waals surface area contributed by atoms with E-state index in [0.717, 1.165) is 25.9 Å². The number of hydrogen-bond acceptors (Lipinski definition) is 2. The highest BCUT2D eigenvalue weighted by atomic mass is 16.4. The molecular formula is C15H26N2O3. The van der Waals surface area contributed by atoms with Crippen molar-refractivity contribution in [1.29, 1.82) is 0 Å². The summed E-state index contributed by atoms with van der Waals surface area (Å²) in [6, 6.07) is 0.0400. The maximum atomic E-state index is 12.5. The molecule has 2 atom stereocenters. The zero-order valence-corrected chi connectivity index (χ0v) is 12.5. The lowest BCUT2D eigenvalue weighted by Crippen LogP contribution is -2.43. The third kappa shape index (κ3) is 3.44. The Balaban J connectivity index is 1.88. The molecule has 0 bridgehead atoms. The second-order valence-electron chi connectivity index (χ2n) is 6.47. The van der Waals surface area contributed by atoms with Gasteiger partial charge >= 0.3 is 12.0 Å². The molecular weight excluding hydrogens is 256 g/mol. The van der Waals surface area contributed by atoms with Crippen LogP contribution in [0, 0.1) is 17.8 Å². The fraction of sp³-hybridized carbons (Fsp3) is 0.867. The monoisotopic (exact) mass is 282 g/mol. The first-order chi connectivity index (χ1) is 9.49. The van der Waals surface area contributed by atoms with E-state index in [-0.39, 0.29) is 11.9 Å². The van der Waals surface area contributed by atoms with Crippen molar-refractivity contribution in [3.05, 3.63) is 0 Å². The van der Waals surface area contributed by atoms with Crippen molar-refractivity contribution < 1.29 is 14.7 Å². The minimum absolute atomic E-state index is 0.0400. The highest BCUT2D eigenvalue weighted by molar-refractivity contribution is 5.77. The lowest BCUT2D eigenvalue weighted by atomic mass is 9.89. The van der Waals surface area contributed by atoms with E-state index in [1.165, 1.54) is 6.42 Å². The van der Waals surface area contributed by atoms with E-state index in [4.69, 9.17) is 5.11 Å². The zero-order chi connectivity index (χ0) is 14.7. The molecule has 2 heterocycles. The van der Waals surface area contributed by atoms with Gasteiger partial charge in [0.25, 0.3) is 0 Å². The molecule has 2 saturated heterocycles. The molecule has 0 saturated carbocycles. The number of carbonyl (C=O) groups excluding carboxylic acids is 1. The molecule has 5 heteroatoms. The Hall–Kier alpha value is -1.26. The topological polar surface area (TPSA) is 60.9 Å². The average molecular weight is 282 g/mol. The molecule has 0 aromatic rings. The van der Waals surface area contributed by atoms with Crippen molar-refractivity contribution in [2.24, 2.45) is 17.8 Å². The van der Waals surface area contributed by atoms with Gasteiger partial charge in [-0.05, 0) is 37.5 Å². The molecule has 2 aliphatic heterocycles. The number of carbonyl (C=O) groups is 2. The Morgan fingerprint density at radius 1 is 1.05 bits per heavy atom.